The molecule has 0 aliphatic carbocycles. The molecule has 1 heterocycles. The third-order valence-electron chi connectivity index (χ3n) is 3.62. The van der Waals surface area contributed by atoms with E-state index in [0.717, 1.165) is 0 Å². The number of rotatable bonds is 2. The molecule has 1 fully saturated rings. The number of carbonyl (C=O) groups is 2. The lowest BCUT2D eigenvalue weighted by Crippen LogP contribution is -2.48. The summed E-state index contributed by atoms with van der Waals surface area (Å²) in [6.45, 7) is 6.55. The van der Waals surface area contributed by atoms with Crippen LogP contribution in [0.25, 0.3) is 0 Å². The zero-order chi connectivity index (χ0) is 18.6. The van der Waals surface area contributed by atoms with E-state index in [9.17, 15) is 9.59 Å². The zero-order valence-corrected chi connectivity index (χ0v) is 16.1. The predicted octanol–water partition coefficient (Wildman–Crippen LogP) is 4.51. The lowest BCUT2D eigenvalue weighted by Gasteiger charge is -2.32. The van der Waals surface area contributed by atoms with Crippen LogP contribution in [0.4, 0.5) is 15.3 Å². The van der Waals surface area contributed by atoms with Gasteiger partial charge in [0.1, 0.15) is 5.60 Å². The highest BCUT2D eigenvalue weighted by atomic mass is 35.5. The lowest BCUT2D eigenvalue weighted by molar-refractivity contribution is 0.0486. The van der Waals surface area contributed by atoms with Gasteiger partial charge in [-0.2, -0.15) is 0 Å². The number of ether oxygens (including phenoxy) is 1. The number of carbonyl (C=O) groups excluding carboxylic acids is 2. The zero-order valence-electron chi connectivity index (χ0n) is 14.6. The van der Waals surface area contributed by atoms with Gasteiger partial charge in [0.25, 0.3) is 0 Å². The molecule has 0 aromatic heterocycles. The minimum atomic E-state index is -0.525. The maximum absolute atomic E-state index is 12.3. The second-order valence-electron chi connectivity index (χ2n) is 7.00. The number of anilines is 1. The van der Waals surface area contributed by atoms with Crippen molar-refractivity contribution in [2.24, 2.45) is 0 Å². The summed E-state index contributed by atoms with van der Waals surface area (Å²) in [7, 11) is 0. The fourth-order valence-electron chi connectivity index (χ4n) is 2.53. The van der Waals surface area contributed by atoms with Crippen molar-refractivity contribution in [1.29, 1.82) is 0 Å². The summed E-state index contributed by atoms with van der Waals surface area (Å²) in [6.07, 6.45) is 0.912. The molecule has 3 amide bonds. The van der Waals surface area contributed by atoms with Crippen molar-refractivity contribution in [3.63, 3.8) is 0 Å². The van der Waals surface area contributed by atoms with E-state index in [2.05, 4.69) is 10.6 Å². The Morgan fingerprint density at radius 3 is 2.20 bits per heavy atom. The van der Waals surface area contributed by atoms with E-state index in [-0.39, 0.29) is 12.1 Å². The number of likely N-dealkylation sites (tertiary alicyclic amines) is 1. The molecule has 2 N–H and O–H groups in total. The first kappa shape index (κ1) is 19.7. The molecule has 0 spiro atoms. The van der Waals surface area contributed by atoms with E-state index in [1.807, 2.05) is 20.8 Å². The number of hydrogen-bond acceptors (Lipinski definition) is 3. The molecule has 25 heavy (non-hydrogen) atoms. The van der Waals surface area contributed by atoms with Crippen molar-refractivity contribution in [2.45, 2.75) is 45.3 Å². The van der Waals surface area contributed by atoms with Crippen LogP contribution in [0.1, 0.15) is 33.6 Å². The first-order valence-electron chi connectivity index (χ1n) is 8.14. The van der Waals surface area contributed by atoms with Gasteiger partial charge in [0.05, 0.1) is 0 Å². The van der Waals surface area contributed by atoms with Gasteiger partial charge in [-0.15, -0.1) is 0 Å². The van der Waals surface area contributed by atoms with E-state index < -0.39 is 11.7 Å². The summed E-state index contributed by atoms with van der Waals surface area (Å²) < 4.78 is 5.25. The Balaban J connectivity index is 1.81. The van der Waals surface area contributed by atoms with Crippen LogP contribution in [0.15, 0.2) is 18.2 Å². The minimum Gasteiger partial charge on any atom is -0.444 e. The number of alkyl carbamates (subject to hydrolysis) is 1. The van der Waals surface area contributed by atoms with Crippen LogP contribution in [0, 0.1) is 0 Å². The van der Waals surface area contributed by atoms with Gasteiger partial charge in [-0.05, 0) is 51.8 Å². The fourth-order valence-corrected chi connectivity index (χ4v) is 3.06. The Morgan fingerprint density at radius 2 is 1.68 bits per heavy atom. The summed E-state index contributed by atoms with van der Waals surface area (Å²) >= 11 is 11.9. The SMILES string of the molecule is CC(C)(C)OC(=O)NC1CCN(C(=O)Nc2cc(Cl)cc(Cl)c2)CC1. The highest BCUT2D eigenvalue weighted by Crippen LogP contribution is 2.23. The summed E-state index contributed by atoms with van der Waals surface area (Å²) in [5.74, 6) is 0. The van der Waals surface area contributed by atoms with E-state index in [0.29, 0.717) is 41.7 Å². The van der Waals surface area contributed by atoms with Gasteiger partial charge in [-0.1, -0.05) is 23.2 Å². The molecule has 0 radical (unpaired) electrons. The van der Waals surface area contributed by atoms with Gasteiger partial charge in [0.2, 0.25) is 0 Å². The molecule has 0 atom stereocenters. The average Bonchev–Trinajstić information content (AvgIpc) is 2.44. The Hall–Kier alpha value is -1.66. The lowest BCUT2D eigenvalue weighted by atomic mass is 10.1. The molecule has 0 unspecified atom stereocenters. The van der Waals surface area contributed by atoms with Gasteiger partial charge in [-0.25, -0.2) is 9.59 Å². The highest BCUT2D eigenvalue weighted by molar-refractivity contribution is 6.35. The summed E-state index contributed by atoms with van der Waals surface area (Å²) in [6, 6.07) is 4.67. The molecule has 8 heteroatoms. The van der Waals surface area contributed by atoms with E-state index >= 15 is 0 Å². The molecule has 1 aromatic carbocycles. The van der Waals surface area contributed by atoms with Crippen LogP contribution < -0.4 is 10.6 Å². The minimum absolute atomic E-state index is 0.000450. The summed E-state index contributed by atoms with van der Waals surface area (Å²) in [5.41, 5.74) is 0.0274. The second kappa shape index (κ2) is 8.15. The van der Waals surface area contributed by atoms with Gasteiger partial charge < -0.3 is 20.3 Å². The number of nitrogens with zero attached hydrogens (tertiary/aromatic N) is 1. The molecule has 2 rings (SSSR count). The van der Waals surface area contributed by atoms with Crippen molar-refractivity contribution >= 4 is 41.0 Å². The first-order chi connectivity index (χ1) is 11.6. The third-order valence-corrected chi connectivity index (χ3v) is 4.05. The summed E-state index contributed by atoms with van der Waals surface area (Å²) in [5, 5.41) is 6.55. The van der Waals surface area contributed by atoms with Crippen LogP contribution in [-0.2, 0) is 4.74 Å². The molecule has 6 nitrogen and oxygen atoms in total. The van der Waals surface area contributed by atoms with Crippen LogP contribution in [0.2, 0.25) is 10.0 Å². The summed E-state index contributed by atoms with van der Waals surface area (Å²) in [4.78, 5) is 25.8. The number of piperidine rings is 1. The number of urea groups is 1. The molecular weight excluding hydrogens is 365 g/mol. The quantitative estimate of drug-likeness (QED) is 0.783. The third kappa shape index (κ3) is 6.63. The molecule has 1 aliphatic rings. The molecule has 0 bridgehead atoms. The topological polar surface area (TPSA) is 70.7 Å². The maximum atomic E-state index is 12.3. The molecule has 1 aliphatic heterocycles. The van der Waals surface area contributed by atoms with Crippen LogP contribution in [-0.4, -0.2) is 41.8 Å². The van der Waals surface area contributed by atoms with Crippen LogP contribution in [0.3, 0.4) is 0 Å². The monoisotopic (exact) mass is 387 g/mol. The Morgan fingerprint density at radius 1 is 1.12 bits per heavy atom. The van der Waals surface area contributed by atoms with Gasteiger partial charge >= 0.3 is 12.1 Å². The number of amides is 3. The first-order valence-corrected chi connectivity index (χ1v) is 8.89. The Bertz CT molecular complexity index is 618. The number of nitrogens with one attached hydrogen (secondary N) is 2. The second-order valence-corrected chi connectivity index (χ2v) is 7.87. The highest BCUT2D eigenvalue weighted by Gasteiger charge is 2.25. The molecule has 1 saturated heterocycles. The Kier molecular flexibility index (Phi) is 6.41. The van der Waals surface area contributed by atoms with Gasteiger partial charge in [-0.3, -0.25) is 0 Å². The van der Waals surface area contributed by atoms with E-state index in [1.165, 1.54) is 0 Å². The fraction of sp³-hybridized carbons (Fsp3) is 0.529. The largest absolute Gasteiger partial charge is 0.444 e. The van der Waals surface area contributed by atoms with Crippen LogP contribution >= 0.6 is 23.2 Å². The normalized spacial score (nSPS) is 15.6. The molecule has 1 aromatic rings. The van der Waals surface area contributed by atoms with Gasteiger partial charge in [0.15, 0.2) is 0 Å². The molecule has 0 saturated carbocycles. The number of halogens is 2. The van der Waals surface area contributed by atoms with Crippen molar-refractivity contribution in [3.8, 4) is 0 Å². The number of benzene rings is 1. The Labute approximate surface area is 157 Å². The smallest absolute Gasteiger partial charge is 0.407 e. The average molecular weight is 388 g/mol. The molecular formula is C17H23Cl2N3O3. The van der Waals surface area contributed by atoms with E-state index in [1.54, 1.807) is 23.1 Å². The van der Waals surface area contributed by atoms with Crippen molar-refractivity contribution in [3.05, 3.63) is 28.2 Å². The van der Waals surface area contributed by atoms with Gasteiger partial charge in [0, 0.05) is 34.9 Å². The predicted molar refractivity (Wildman–Crippen MR) is 99.4 cm³/mol. The van der Waals surface area contributed by atoms with Crippen LogP contribution in [0.5, 0.6) is 0 Å². The van der Waals surface area contributed by atoms with Crippen molar-refractivity contribution in [1.82, 2.24) is 10.2 Å². The van der Waals surface area contributed by atoms with Crippen molar-refractivity contribution in [2.75, 3.05) is 18.4 Å². The van der Waals surface area contributed by atoms with E-state index in [4.69, 9.17) is 27.9 Å². The standard InChI is InChI=1S/C17H23Cl2N3O3/c1-17(2,3)25-16(24)21-13-4-6-22(7-5-13)15(23)20-14-9-11(18)8-12(19)10-14/h8-10,13H,4-7H2,1-3H3,(H,20,23)(H,21,24). The maximum Gasteiger partial charge on any atom is 0.407 e. The van der Waals surface area contributed by atoms with Crippen molar-refractivity contribution < 1.29 is 14.3 Å². The number of hydrogen-bond donors (Lipinski definition) is 2. The molecule has 138 valence electrons.